The van der Waals surface area contributed by atoms with Crippen molar-refractivity contribution in [3.05, 3.63) is 45.7 Å². The second-order valence-electron chi connectivity index (χ2n) is 6.39. The van der Waals surface area contributed by atoms with Crippen LogP contribution in [0, 0.1) is 20.8 Å². The van der Waals surface area contributed by atoms with E-state index in [1.807, 2.05) is 11.6 Å². The number of halogens is 1. The maximum atomic E-state index is 6.60. The van der Waals surface area contributed by atoms with Crippen LogP contribution >= 0.6 is 11.6 Å². The van der Waals surface area contributed by atoms with Crippen molar-refractivity contribution in [2.24, 2.45) is 0 Å². The Morgan fingerprint density at radius 2 is 1.96 bits per heavy atom. The monoisotopic (exact) mass is 334 g/mol. The van der Waals surface area contributed by atoms with Crippen LogP contribution in [-0.4, -0.2) is 41.9 Å². The van der Waals surface area contributed by atoms with Gasteiger partial charge < -0.3 is 10.2 Å². The fourth-order valence-electron chi connectivity index (χ4n) is 2.57. The first kappa shape index (κ1) is 18.0. The summed E-state index contributed by atoms with van der Waals surface area (Å²) in [4.78, 5) is 2.19. The van der Waals surface area contributed by atoms with Gasteiger partial charge in [0.25, 0.3) is 0 Å². The first-order valence-electron chi connectivity index (χ1n) is 8.07. The molecule has 0 aliphatic heterocycles. The van der Waals surface area contributed by atoms with Crippen molar-refractivity contribution in [3.63, 3.8) is 0 Å². The van der Waals surface area contributed by atoms with Crippen LogP contribution in [0.15, 0.2) is 18.2 Å². The van der Waals surface area contributed by atoms with Crippen molar-refractivity contribution in [2.75, 3.05) is 27.2 Å². The molecule has 0 aliphatic rings. The lowest BCUT2D eigenvalue weighted by molar-refractivity contribution is 0.394. The SMILES string of the molecule is Cc1ccc(C)c(-n2nc(C)c(CNCCCN(C)C)c2Cl)c1. The zero-order chi connectivity index (χ0) is 17.0. The van der Waals surface area contributed by atoms with E-state index in [9.17, 15) is 0 Å². The maximum Gasteiger partial charge on any atom is 0.137 e. The summed E-state index contributed by atoms with van der Waals surface area (Å²) < 4.78 is 1.86. The minimum atomic E-state index is 0.705. The molecule has 0 spiro atoms. The summed E-state index contributed by atoms with van der Waals surface area (Å²) in [5, 5.41) is 8.82. The summed E-state index contributed by atoms with van der Waals surface area (Å²) in [5.74, 6) is 0. The highest BCUT2D eigenvalue weighted by Gasteiger charge is 2.15. The third-order valence-corrected chi connectivity index (χ3v) is 4.36. The number of aryl methyl sites for hydroxylation is 3. The zero-order valence-corrected chi connectivity index (χ0v) is 15.5. The van der Waals surface area contributed by atoms with Crippen molar-refractivity contribution in [1.29, 1.82) is 0 Å². The largest absolute Gasteiger partial charge is 0.312 e. The molecule has 4 nitrogen and oxygen atoms in total. The van der Waals surface area contributed by atoms with E-state index in [1.165, 1.54) is 11.1 Å². The molecular weight excluding hydrogens is 308 g/mol. The molecule has 1 aromatic heterocycles. The van der Waals surface area contributed by atoms with Gasteiger partial charge in [-0.25, -0.2) is 4.68 Å². The zero-order valence-electron chi connectivity index (χ0n) is 14.8. The van der Waals surface area contributed by atoms with Crippen molar-refractivity contribution < 1.29 is 0 Å². The Kier molecular flexibility index (Phi) is 6.22. The van der Waals surface area contributed by atoms with Crippen LogP contribution in [0.4, 0.5) is 0 Å². The fourth-order valence-corrected chi connectivity index (χ4v) is 2.91. The van der Waals surface area contributed by atoms with Crippen LogP contribution in [0.1, 0.15) is 28.8 Å². The molecule has 0 bridgehead atoms. The third-order valence-electron chi connectivity index (χ3n) is 3.98. The molecule has 1 aromatic carbocycles. The minimum absolute atomic E-state index is 0.705. The second-order valence-corrected chi connectivity index (χ2v) is 6.75. The average Bonchev–Trinajstić information content (AvgIpc) is 2.76. The van der Waals surface area contributed by atoms with Crippen LogP contribution in [-0.2, 0) is 6.54 Å². The topological polar surface area (TPSA) is 33.1 Å². The van der Waals surface area contributed by atoms with Gasteiger partial charge in [-0.15, -0.1) is 0 Å². The number of hydrogen-bond acceptors (Lipinski definition) is 3. The number of nitrogens with one attached hydrogen (secondary N) is 1. The predicted octanol–water partition coefficient (Wildman–Crippen LogP) is 3.49. The van der Waals surface area contributed by atoms with Gasteiger partial charge in [-0.3, -0.25) is 0 Å². The molecule has 2 aromatic rings. The van der Waals surface area contributed by atoms with E-state index in [0.29, 0.717) is 5.15 Å². The molecule has 5 heteroatoms. The highest BCUT2D eigenvalue weighted by atomic mass is 35.5. The van der Waals surface area contributed by atoms with E-state index in [4.69, 9.17) is 11.6 Å². The van der Waals surface area contributed by atoms with Crippen LogP contribution < -0.4 is 5.32 Å². The third kappa shape index (κ3) is 4.56. The summed E-state index contributed by atoms with van der Waals surface area (Å²) in [5.41, 5.74) is 5.49. The van der Waals surface area contributed by atoms with Crippen molar-refractivity contribution >= 4 is 11.6 Å². The number of nitrogens with zero attached hydrogens (tertiary/aromatic N) is 3. The van der Waals surface area contributed by atoms with Gasteiger partial charge in [-0.1, -0.05) is 23.7 Å². The molecule has 0 amide bonds. The van der Waals surface area contributed by atoms with Gasteiger partial charge in [0.1, 0.15) is 5.15 Å². The summed E-state index contributed by atoms with van der Waals surface area (Å²) in [7, 11) is 4.18. The maximum absolute atomic E-state index is 6.60. The quantitative estimate of drug-likeness (QED) is 0.787. The first-order valence-corrected chi connectivity index (χ1v) is 8.45. The second kappa shape index (κ2) is 7.95. The van der Waals surface area contributed by atoms with Crippen LogP contribution in [0.2, 0.25) is 5.15 Å². The van der Waals surface area contributed by atoms with Gasteiger partial charge in [0.05, 0.1) is 11.4 Å². The van der Waals surface area contributed by atoms with Crippen LogP contribution in [0.25, 0.3) is 5.69 Å². The predicted molar refractivity (Wildman–Crippen MR) is 97.7 cm³/mol. The highest BCUT2D eigenvalue weighted by Crippen LogP contribution is 2.25. The standard InChI is InChI=1S/C18H27ClN4/c1-13-7-8-14(2)17(11-13)23-18(19)16(15(3)21-23)12-20-9-6-10-22(4)5/h7-8,11,20H,6,9-10,12H2,1-5H3. The summed E-state index contributed by atoms with van der Waals surface area (Å²) in [6, 6.07) is 6.34. The molecule has 2 rings (SSSR count). The van der Waals surface area contributed by atoms with Crippen molar-refractivity contribution in [2.45, 2.75) is 33.7 Å². The number of aromatic nitrogens is 2. The Morgan fingerprint density at radius 3 is 2.65 bits per heavy atom. The average molecular weight is 335 g/mol. The van der Waals surface area contributed by atoms with E-state index in [-0.39, 0.29) is 0 Å². The molecule has 0 unspecified atom stereocenters. The Bertz CT molecular complexity index is 661. The van der Waals surface area contributed by atoms with Gasteiger partial charge in [-0.2, -0.15) is 5.10 Å². The molecule has 0 aliphatic carbocycles. The van der Waals surface area contributed by atoms with Gasteiger partial charge >= 0.3 is 0 Å². The molecule has 0 saturated heterocycles. The molecule has 1 heterocycles. The lowest BCUT2D eigenvalue weighted by Crippen LogP contribution is -2.21. The molecule has 126 valence electrons. The van der Waals surface area contributed by atoms with Gasteiger partial charge in [0.2, 0.25) is 0 Å². The number of benzene rings is 1. The van der Waals surface area contributed by atoms with Gasteiger partial charge in [0.15, 0.2) is 0 Å². The van der Waals surface area contributed by atoms with Crippen LogP contribution in [0.3, 0.4) is 0 Å². The van der Waals surface area contributed by atoms with Gasteiger partial charge in [0, 0.05) is 12.1 Å². The molecule has 1 N–H and O–H groups in total. The summed E-state index contributed by atoms with van der Waals surface area (Å²) in [6.07, 6.45) is 1.12. The van der Waals surface area contributed by atoms with Crippen molar-refractivity contribution in [1.82, 2.24) is 20.0 Å². The lowest BCUT2D eigenvalue weighted by atomic mass is 10.1. The number of hydrogen-bond donors (Lipinski definition) is 1. The lowest BCUT2D eigenvalue weighted by Gasteiger charge is -2.10. The van der Waals surface area contributed by atoms with Crippen molar-refractivity contribution in [3.8, 4) is 5.69 Å². The Balaban J connectivity index is 2.12. The summed E-state index contributed by atoms with van der Waals surface area (Å²) in [6.45, 7) is 9.00. The molecular formula is C18H27ClN4. The summed E-state index contributed by atoms with van der Waals surface area (Å²) >= 11 is 6.60. The molecule has 23 heavy (non-hydrogen) atoms. The molecule has 0 radical (unpaired) electrons. The van der Waals surface area contributed by atoms with E-state index >= 15 is 0 Å². The Morgan fingerprint density at radius 1 is 1.22 bits per heavy atom. The molecule has 0 atom stereocenters. The normalized spacial score (nSPS) is 11.4. The van der Waals surface area contributed by atoms with Gasteiger partial charge in [-0.05, 0) is 71.6 Å². The number of rotatable bonds is 7. The first-order chi connectivity index (χ1) is 10.9. The molecule has 0 fully saturated rings. The van der Waals surface area contributed by atoms with Crippen LogP contribution in [0.5, 0.6) is 0 Å². The van der Waals surface area contributed by atoms with E-state index < -0.39 is 0 Å². The fraction of sp³-hybridized carbons (Fsp3) is 0.500. The van der Waals surface area contributed by atoms with E-state index in [2.05, 4.69) is 61.5 Å². The Hall–Kier alpha value is -1.36. The molecule has 0 saturated carbocycles. The van der Waals surface area contributed by atoms with E-state index in [0.717, 1.165) is 43.0 Å². The van der Waals surface area contributed by atoms with E-state index in [1.54, 1.807) is 0 Å². The Labute approximate surface area is 144 Å². The smallest absolute Gasteiger partial charge is 0.137 e. The minimum Gasteiger partial charge on any atom is -0.312 e. The highest BCUT2D eigenvalue weighted by molar-refractivity contribution is 6.30.